The van der Waals surface area contributed by atoms with Gasteiger partial charge in [-0.1, -0.05) is 19.8 Å². The lowest BCUT2D eigenvalue weighted by Crippen LogP contribution is -2.48. The summed E-state index contributed by atoms with van der Waals surface area (Å²) in [4.78, 5) is 36.7. The van der Waals surface area contributed by atoms with Crippen LogP contribution < -0.4 is 16.0 Å². The molecule has 1 saturated heterocycles. The highest BCUT2D eigenvalue weighted by Gasteiger charge is 2.37. The van der Waals surface area contributed by atoms with Gasteiger partial charge in [0.15, 0.2) is 0 Å². The number of nitrogens with zero attached hydrogens (tertiary/aromatic N) is 4. The Bertz CT molecular complexity index is 1120. The van der Waals surface area contributed by atoms with E-state index in [2.05, 4.69) is 30.8 Å². The molecule has 0 unspecified atom stereocenters. The Morgan fingerprint density at radius 2 is 1.68 bits per heavy atom. The summed E-state index contributed by atoms with van der Waals surface area (Å²) < 4.78 is 41.3. The van der Waals surface area contributed by atoms with Gasteiger partial charge in [-0.05, 0) is 44.2 Å². The molecule has 2 heterocycles. The van der Waals surface area contributed by atoms with Gasteiger partial charge in [-0.3, -0.25) is 9.59 Å². The molecule has 2 atom stereocenters. The topological polar surface area (TPSA) is 102 Å². The van der Waals surface area contributed by atoms with Crippen molar-refractivity contribution in [2.24, 2.45) is 0 Å². The molecule has 1 aromatic carbocycles. The maximum Gasteiger partial charge on any atom is 0.421 e. The molecule has 1 aromatic heterocycles. The van der Waals surface area contributed by atoms with Gasteiger partial charge in [-0.15, -0.1) is 0 Å². The van der Waals surface area contributed by atoms with E-state index in [-0.39, 0.29) is 35.7 Å². The van der Waals surface area contributed by atoms with Crippen molar-refractivity contribution >= 4 is 29.3 Å². The molecule has 1 saturated carbocycles. The number of piperazine rings is 1. The predicted molar refractivity (Wildman–Crippen MR) is 138 cm³/mol. The van der Waals surface area contributed by atoms with Crippen LogP contribution in [0.15, 0.2) is 30.5 Å². The van der Waals surface area contributed by atoms with Crippen LogP contribution in [0.2, 0.25) is 0 Å². The number of benzene rings is 1. The van der Waals surface area contributed by atoms with Gasteiger partial charge < -0.3 is 25.8 Å². The van der Waals surface area contributed by atoms with E-state index < -0.39 is 11.7 Å². The molecule has 0 spiro atoms. The first-order chi connectivity index (χ1) is 18.1. The molecular weight excluding hydrogens is 499 g/mol. The minimum atomic E-state index is -4.65. The van der Waals surface area contributed by atoms with Crippen molar-refractivity contribution in [3.8, 4) is 0 Å². The first-order valence-electron chi connectivity index (χ1n) is 13.0. The van der Waals surface area contributed by atoms with E-state index in [1.54, 1.807) is 36.1 Å². The molecule has 1 aliphatic carbocycles. The molecule has 2 fully saturated rings. The monoisotopic (exact) mass is 533 g/mol. The Morgan fingerprint density at radius 3 is 2.32 bits per heavy atom. The number of nitrogens with one attached hydrogen (secondary N) is 3. The molecule has 0 radical (unpaired) electrons. The normalized spacial score (nSPS) is 20.6. The number of hydrogen-bond acceptors (Lipinski definition) is 7. The van der Waals surface area contributed by atoms with Gasteiger partial charge >= 0.3 is 6.18 Å². The Morgan fingerprint density at radius 1 is 1.03 bits per heavy atom. The Labute approximate surface area is 220 Å². The lowest BCUT2D eigenvalue weighted by Gasteiger charge is -2.33. The molecule has 2 aliphatic rings. The van der Waals surface area contributed by atoms with Crippen LogP contribution in [0.3, 0.4) is 0 Å². The van der Waals surface area contributed by atoms with E-state index in [0.29, 0.717) is 43.6 Å². The van der Waals surface area contributed by atoms with Crippen molar-refractivity contribution in [3.63, 3.8) is 0 Å². The molecule has 206 valence electrons. The van der Waals surface area contributed by atoms with Crippen LogP contribution in [0.4, 0.5) is 30.6 Å². The highest BCUT2D eigenvalue weighted by atomic mass is 19.4. The van der Waals surface area contributed by atoms with Gasteiger partial charge in [-0.25, -0.2) is 4.98 Å². The summed E-state index contributed by atoms with van der Waals surface area (Å²) in [5, 5.41) is 8.80. The number of amides is 2. The van der Waals surface area contributed by atoms with Crippen LogP contribution in [-0.4, -0.2) is 76.9 Å². The van der Waals surface area contributed by atoms with Gasteiger partial charge in [0.1, 0.15) is 11.4 Å². The number of likely N-dealkylation sites (N-methyl/N-ethyl adjacent to an activating group) is 1. The summed E-state index contributed by atoms with van der Waals surface area (Å²) in [5.41, 5.74) is 0.104. The van der Waals surface area contributed by atoms with Crippen LogP contribution in [0.5, 0.6) is 0 Å². The smallest absolute Gasteiger partial charge is 0.365 e. The lowest BCUT2D eigenvalue weighted by atomic mass is 9.90. The molecule has 9 nitrogen and oxygen atoms in total. The molecule has 2 aromatic rings. The highest BCUT2D eigenvalue weighted by molar-refractivity contribution is 5.94. The van der Waals surface area contributed by atoms with Crippen molar-refractivity contribution in [2.75, 3.05) is 43.9 Å². The van der Waals surface area contributed by atoms with Gasteiger partial charge in [0.2, 0.25) is 11.9 Å². The maximum atomic E-state index is 13.8. The van der Waals surface area contributed by atoms with Gasteiger partial charge in [0.25, 0.3) is 5.91 Å². The van der Waals surface area contributed by atoms with Gasteiger partial charge in [0, 0.05) is 62.1 Å². The maximum absolute atomic E-state index is 13.8. The third-order valence-corrected chi connectivity index (χ3v) is 7.03. The number of hydrogen-bond donors (Lipinski definition) is 3. The second-order valence-corrected chi connectivity index (χ2v) is 9.81. The van der Waals surface area contributed by atoms with E-state index in [1.807, 2.05) is 7.05 Å². The first kappa shape index (κ1) is 27.6. The fraction of sp³-hybridized carbons (Fsp3) is 0.538. The van der Waals surface area contributed by atoms with Crippen molar-refractivity contribution in [1.82, 2.24) is 25.1 Å². The first-order valence-corrected chi connectivity index (χ1v) is 13.0. The number of carbonyl (C=O) groups is 2. The average molecular weight is 534 g/mol. The van der Waals surface area contributed by atoms with Crippen LogP contribution in [0.1, 0.15) is 54.9 Å². The Kier molecular flexibility index (Phi) is 8.70. The number of alkyl halides is 3. The Hall–Kier alpha value is -3.41. The third kappa shape index (κ3) is 6.91. The number of rotatable bonds is 7. The van der Waals surface area contributed by atoms with Crippen molar-refractivity contribution < 1.29 is 22.8 Å². The zero-order valence-corrected chi connectivity index (χ0v) is 21.6. The van der Waals surface area contributed by atoms with E-state index in [4.69, 9.17) is 0 Å². The molecule has 3 N–H and O–H groups in total. The minimum absolute atomic E-state index is 0.0106. The van der Waals surface area contributed by atoms with Gasteiger partial charge in [-0.2, -0.15) is 18.2 Å². The second kappa shape index (κ2) is 12.0. The zero-order chi connectivity index (χ0) is 27.3. The molecule has 0 bridgehead atoms. The summed E-state index contributed by atoms with van der Waals surface area (Å²) in [5.74, 6) is -0.540. The summed E-state index contributed by atoms with van der Waals surface area (Å²) in [6, 6.07) is 6.03. The molecule has 38 heavy (non-hydrogen) atoms. The molecule has 4 rings (SSSR count). The van der Waals surface area contributed by atoms with Crippen LogP contribution in [-0.2, 0) is 11.0 Å². The Balaban J connectivity index is 1.49. The SMILES string of the molecule is CCC(=O)N[C@H]1CCCC[C@H]1Nc1nc(Nc2ccc(C(=O)N3CCN(C)CC3)cc2)ncc1C(F)(F)F. The van der Waals surface area contributed by atoms with E-state index in [1.165, 1.54) is 0 Å². The summed E-state index contributed by atoms with van der Waals surface area (Å²) >= 11 is 0. The van der Waals surface area contributed by atoms with E-state index in [0.717, 1.165) is 32.1 Å². The molecule has 2 amide bonds. The highest BCUT2D eigenvalue weighted by Crippen LogP contribution is 2.35. The number of anilines is 3. The zero-order valence-electron chi connectivity index (χ0n) is 21.6. The largest absolute Gasteiger partial charge is 0.421 e. The standard InChI is InChI=1S/C26H34F3N7O2/c1-3-22(37)32-20-6-4-5-7-21(20)33-23-19(26(27,28)29)16-30-25(34-23)31-18-10-8-17(9-11-18)24(38)36-14-12-35(2)13-15-36/h8-11,16,20-21H,3-7,12-15H2,1-2H3,(H,32,37)(H2,30,31,33,34)/t20-,21+/m0/s1. The van der Waals surface area contributed by atoms with Crippen molar-refractivity contribution in [1.29, 1.82) is 0 Å². The molecule has 1 aliphatic heterocycles. The van der Waals surface area contributed by atoms with Crippen LogP contribution in [0, 0.1) is 0 Å². The average Bonchev–Trinajstić information content (AvgIpc) is 2.89. The summed E-state index contributed by atoms with van der Waals surface area (Å²) in [6.45, 7) is 4.70. The number of halogens is 3. The quantitative estimate of drug-likeness (QED) is 0.497. The fourth-order valence-electron chi connectivity index (χ4n) is 4.74. The van der Waals surface area contributed by atoms with Gasteiger partial charge in [0.05, 0.1) is 0 Å². The number of aromatic nitrogens is 2. The lowest BCUT2D eigenvalue weighted by molar-refractivity contribution is -0.137. The van der Waals surface area contributed by atoms with Crippen LogP contribution >= 0.6 is 0 Å². The van der Waals surface area contributed by atoms with Crippen molar-refractivity contribution in [3.05, 3.63) is 41.6 Å². The number of carbonyl (C=O) groups excluding carboxylic acids is 2. The van der Waals surface area contributed by atoms with E-state index >= 15 is 0 Å². The predicted octanol–water partition coefficient (Wildman–Crippen LogP) is 3.88. The summed E-state index contributed by atoms with van der Waals surface area (Å²) in [6.07, 6.45) is -0.565. The van der Waals surface area contributed by atoms with Crippen LogP contribution in [0.25, 0.3) is 0 Å². The minimum Gasteiger partial charge on any atom is -0.365 e. The third-order valence-electron chi connectivity index (χ3n) is 7.03. The van der Waals surface area contributed by atoms with E-state index in [9.17, 15) is 22.8 Å². The fourth-order valence-corrected chi connectivity index (χ4v) is 4.74. The molecular formula is C26H34F3N7O2. The molecule has 12 heteroatoms. The second-order valence-electron chi connectivity index (χ2n) is 9.81. The summed E-state index contributed by atoms with van der Waals surface area (Å²) in [7, 11) is 2.02. The van der Waals surface area contributed by atoms with Crippen molar-refractivity contribution in [2.45, 2.75) is 57.3 Å².